The van der Waals surface area contributed by atoms with Crippen molar-refractivity contribution in [3.63, 3.8) is 0 Å². The van der Waals surface area contributed by atoms with Crippen molar-refractivity contribution in [1.82, 2.24) is 0 Å². The highest BCUT2D eigenvalue weighted by Crippen LogP contribution is 2.28. The SMILES string of the molecule is CC(C)(C(=O)O)c1ccc(F)c(F)c1F. The lowest BCUT2D eigenvalue weighted by atomic mass is 9.84. The van der Waals surface area contributed by atoms with Crippen LogP contribution in [0, 0.1) is 17.5 Å². The zero-order valence-electron chi connectivity index (χ0n) is 8.14. The Hall–Kier alpha value is -1.52. The van der Waals surface area contributed by atoms with E-state index in [-0.39, 0.29) is 5.56 Å². The van der Waals surface area contributed by atoms with E-state index in [9.17, 15) is 18.0 Å². The van der Waals surface area contributed by atoms with Gasteiger partial charge in [-0.25, -0.2) is 13.2 Å². The summed E-state index contributed by atoms with van der Waals surface area (Å²) in [7, 11) is 0. The summed E-state index contributed by atoms with van der Waals surface area (Å²) >= 11 is 0. The number of carbonyl (C=O) groups is 1. The van der Waals surface area contributed by atoms with Gasteiger partial charge in [0.25, 0.3) is 0 Å². The molecule has 0 aromatic heterocycles. The van der Waals surface area contributed by atoms with E-state index in [0.29, 0.717) is 6.07 Å². The third-order valence-corrected chi connectivity index (χ3v) is 2.24. The number of hydrogen-bond donors (Lipinski definition) is 1. The average molecular weight is 218 g/mol. The van der Waals surface area contributed by atoms with Crippen molar-refractivity contribution in [2.24, 2.45) is 0 Å². The van der Waals surface area contributed by atoms with Gasteiger partial charge in [-0.2, -0.15) is 0 Å². The first-order valence-electron chi connectivity index (χ1n) is 4.16. The molecule has 0 spiro atoms. The van der Waals surface area contributed by atoms with E-state index in [4.69, 9.17) is 5.11 Å². The molecule has 0 aliphatic rings. The quantitative estimate of drug-likeness (QED) is 0.774. The Labute approximate surface area is 84.3 Å². The standard InChI is InChI=1S/C10H9F3O2/c1-10(2,9(14)15)5-3-4-6(11)8(13)7(5)12/h3-4H,1-2H3,(H,14,15). The Morgan fingerprint density at radius 3 is 2.20 bits per heavy atom. The smallest absolute Gasteiger partial charge is 0.313 e. The maximum absolute atomic E-state index is 13.2. The van der Waals surface area contributed by atoms with Crippen molar-refractivity contribution in [2.75, 3.05) is 0 Å². The largest absolute Gasteiger partial charge is 0.481 e. The van der Waals surface area contributed by atoms with Crippen LogP contribution in [0.5, 0.6) is 0 Å². The fourth-order valence-electron chi connectivity index (χ4n) is 1.12. The molecule has 82 valence electrons. The highest BCUT2D eigenvalue weighted by molar-refractivity contribution is 5.80. The monoisotopic (exact) mass is 218 g/mol. The number of carboxylic acids is 1. The van der Waals surface area contributed by atoms with Gasteiger partial charge in [-0.3, -0.25) is 4.79 Å². The number of hydrogen-bond acceptors (Lipinski definition) is 1. The third-order valence-electron chi connectivity index (χ3n) is 2.24. The van der Waals surface area contributed by atoms with Crippen LogP contribution < -0.4 is 0 Å². The zero-order valence-corrected chi connectivity index (χ0v) is 8.14. The van der Waals surface area contributed by atoms with Crippen molar-refractivity contribution >= 4 is 5.97 Å². The molecule has 1 aromatic carbocycles. The molecule has 0 bridgehead atoms. The van der Waals surface area contributed by atoms with Crippen LogP contribution in [0.2, 0.25) is 0 Å². The number of halogens is 3. The van der Waals surface area contributed by atoms with E-state index < -0.39 is 28.8 Å². The average Bonchev–Trinajstić information content (AvgIpc) is 2.13. The molecule has 5 heteroatoms. The fraction of sp³-hybridized carbons (Fsp3) is 0.300. The van der Waals surface area contributed by atoms with Crippen molar-refractivity contribution in [3.8, 4) is 0 Å². The molecule has 0 fully saturated rings. The molecule has 15 heavy (non-hydrogen) atoms. The fourth-order valence-corrected chi connectivity index (χ4v) is 1.12. The molecule has 0 unspecified atom stereocenters. The summed E-state index contributed by atoms with van der Waals surface area (Å²) in [5.74, 6) is -5.76. The first-order chi connectivity index (χ1) is 6.78. The maximum Gasteiger partial charge on any atom is 0.313 e. The van der Waals surface area contributed by atoms with Crippen molar-refractivity contribution < 1.29 is 23.1 Å². The molecule has 0 aliphatic heterocycles. The van der Waals surface area contributed by atoms with Crippen LogP contribution in [0.25, 0.3) is 0 Å². The van der Waals surface area contributed by atoms with Gasteiger partial charge in [-0.15, -0.1) is 0 Å². The first kappa shape index (κ1) is 11.6. The lowest BCUT2D eigenvalue weighted by Gasteiger charge is -2.20. The van der Waals surface area contributed by atoms with E-state index in [2.05, 4.69) is 0 Å². The van der Waals surface area contributed by atoms with Crippen LogP contribution in [0.4, 0.5) is 13.2 Å². The summed E-state index contributed by atoms with van der Waals surface area (Å²) < 4.78 is 38.7. The van der Waals surface area contributed by atoms with E-state index in [1.807, 2.05) is 0 Å². The van der Waals surface area contributed by atoms with Gasteiger partial charge < -0.3 is 5.11 Å². The molecule has 0 atom stereocenters. The van der Waals surface area contributed by atoms with Crippen molar-refractivity contribution in [1.29, 1.82) is 0 Å². The minimum Gasteiger partial charge on any atom is -0.481 e. The van der Waals surface area contributed by atoms with Gasteiger partial charge in [-0.1, -0.05) is 6.07 Å². The minimum atomic E-state index is -1.65. The Bertz CT molecular complexity index is 413. The van der Waals surface area contributed by atoms with Crippen molar-refractivity contribution in [3.05, 3.63) is 35.1 Å². The predicted octanol–water partition coefficient (Wildman–Crippen LogP) is 2.47. The molecule has 1 rings (SSSR count). The third kappa shape index (κ3) is 1.82. The predicted molar refractivity (Wildman–Crippen MR) is 47.0 cm³/mol. The van der Waals surface area contributed by atoms with E-state index >= 15 is 0 Å². The summed E-state index contributed by atoms with van der Waals surface area (Å²) in [6.07, 6.45) is 0. The Morgan fingerprint density at radius 1 is 1.20 bits per heavy atom. The Kier molecular flexibility index (Phi) is 2.75. The molecule has 1 aromatic rings. The zero-order chi connectivity index (χ0) is 11.8. The second-order valence-electron chi connectivity index (χ2n) is 3.65. The summed E-state index contributed by atoms with van der Waals surface area (Å²) in [4.78, 5) is 10.8. The molecule has 0 aliphatic carbocycles. The van der Waals surface area contributed by atoms with Crippen molar-refractivity contribution in [2.45, 2.75) is 19.3 Å². The van der Waals surface area contributed by atoms with Crippen LogP contribution in [-0.2, 0) is 10.2 Å². The number of carboxylic acid groups (broad SMARTS) is 1. The second kappa shape index (κ2) is 3.56. The highest BCUT2D eigenvalue weighted by atomic mass is 19.2. The normalized spacial score (nSPS) is 11.5. The van der Waals surface area contributed by atoms with Gasteiger partial charge in [0.05, 0.1) is 5.41 Å². The number of rotatable bonds is 2. The lowest BCUT2D eigenvalue weighted by Crippen LogP contribution is -2.30. The summed E-state index contributed by atoms with van der Waals surface area (Å²) in [6, 6.07) is 1.64. The van der Waals surface area contributed by atoms with Crippen LogP contribution in [-0.4, -0.2) is 11.1 Å². The van der Waals surface area contributed by atoms with Crippen LogP contribution >= 0.6 is 0 Å². The molecule has 0 amide bonds. The maximum atomic E-state index is 13.2. The van der Waals surface area contributed by atoms with Gasteiger partial charge >= 0.3 is 5.97 Å². The lowest BCUT2D eigenvalue weighted by molar-refractivity contribution is -0.142. The van der Waals surface area contributed by atoms with Crippen LogP contribution in [0.3, 0.4) is 0 Å². The second-order valence-corrected chi connectivity index (χ2v) is 3.65. The van der Waals surface area contributed by atoms with Crippen LogP contribution in [0.1, 0.15) is 19.4 Å². The van der Waals surface area contributed by atoms with Gasteiger partial charge in [0.2, 0.25) is 0 Å². The summed E-state index contributed by atoms with van der Waals surface area (Å²) in [6.45, 7) is 2.43. The van der Waals surface area contributed by atoms with Gasteiger partial charge in [0.1, 0.15) is 0 Å². The molecule has 1 N–H and O–H groups in total. The highest BCUT2D eigenvalue weighted by Gasteiger charge is 2.34. The van der Waals surface area contributed by atoms with E-state index in [1.54, 1.807) is 0 Å². The molecule has 2 nitrogen and oxygen atoms in total. The molecule has 0 radical (unpaired) electrons. The topological polar surface area (TPSA) is 37.3 Å². The summed E-state index contributed by atoms with van der Waals surface area (Å²) in [5.41, 5.74) is -1.98. The first-order valence-corrected chi connectivity index (χ1v) is 4.16. The molecular formula is C10H9F3O2. The van der Waals surface area contributed by atoms with Gasteiger partial charge in [0, 0.05) is 5.56 Å². The Balaban J connectivity index is 3.40. The van der Waals surface area contributed by atoms with Gasteiger partial charge in [-0.05, 0) is 19.9 Å². The van der Waals surface area contributed by atoms with E-state index in [1.165, 1.54) is 13.8 Å². The molecule has 0 heterocycles. The number of benzene rings is 1. The summed E-state index contributed by atoms with van der Waals surface area (Å²) in [5, 5.41) is 8.80. The molecular weight excluding hydrogens is 209 g/mol. The minimum absolute atomic E-state index is 0.381. The van der Waals surface area contributed by atoms with E-state index in [0.717, 1.165) is 6.07 Å². The van der Waals surface area contributed by atoms with Gasteiger partial charge in [0.15, 0.2) is 17.5 Å². The Morgan fingerprint density at radius 2 is 1.73 bits per heavy atom. The molecule has 0 saturated heterocycles. The van der Waals surface area contributed by atoms with Crippen LogP contribution in [0.15, 0.2) is 12.1 Å². The number of aliphatic carboxylic acids is 1. The molecule has 0 saturated carbocycles.